The van der Waals surface area contributed by atoms with Crippen LogP contribution in [0.1, 0.15) is 51.2 Å². The summed E-state index contributed by atoms with van der Waals surface area (Å²) in [5.74, 6) is -0.392. The van der Waals surface area contributed by atoms with Crippen molar-refractivity contribution >= 4 is 40.2 Å². The number of non-ortho nitro benzene ring substituents is 1. The van der Waals surface area contributed by atoms with Gasteiger partial charge in [-0.3, -0.25) is 35.2 Å². The normalized spacial score (nSPS) is 11.6. The molecule has 1 amide bonds. The highest BCUT2D eigenvalue weighted by atomic mass is 16.6. The second kappa shape index (κ2) is 11.3. The van der Waals surface area contributed by atoms with Gasteiger partial charge < -0.3 is 5.32 Å². The monoisotopic (exact) mass is 483 g/mol. The van der Waals surface area contributed by atoms with Crippen molar-refractivity contribution in [2.45, 2.75) is 53.9 Å². The van der Waals surface area contributed by atoms with E-state index in [9.17, 15) is 29.8 Å². The molecule has 0 spiro atoms. The molecule has 0 saturated heterocycles. The zero-order valence-corrected chi connectivity index (χ0v) is 20.4. The van der Waals surface area contributed by atoms with Crippen molar-refractivity contribution in [2.75, 3.05) is 10.7 Å². The first-order valence-corrected chi connectivity index (χ1v) is 10.9. The SMILES string of the molecule is Cc1ccc(NC(=O)CC/C(CC(=O)C(C)(C)C)=N\Nc2ccc([N+](=O)[O-])cc2[N+](=O)[O-])cc1C. The lowest BCUT2D eigenvalue weighted by molar-refractivity contribution is -0.393. The maximum absolute atomic E-state index is 12.6. The Kier molecular flexibility index (Phi) is 8.76. The number of hydrogen-bond acceptors (Lipinski definition) is 8. The van der Waals surface area contributed by atoms with Crippen molar-refractivity contribution in [3.63, 3.8) is 0 Å². The first kappa shape index (κ1) is 27.1. The number of carbonyl (C=O) groups is 2. The number of anilines is 2. The fraction of sp³-hybridized carbons (Fsp3) is 0.375. The Balaban J connectivity index is 2.21. The van der Waals surface area contributed by atoms with Gasteiger partial charge in [0, 0.05) is 35.7 Å². The molecule has 2 aromatic carbocycles. The molecule has 0 aromatic heterocycles. The number of aryl methyl sites for hydroxylation is 2. The zero-order chi connectivity index (χ0) is 26.3. The third-order valence-corrected chi connectivity index (χ3v) is 5.36. The molecule has 0 heterocycles. The van der Waals surface area contributed by atoms with Gasteiger partial charge in [0.2, 0.25) is 5.91 Å². The number of nitrogens with one attached hydrogen (secondary N) is 2. The molecule has 0 radical (unpaired) electrons. The minimum absolute atomic E-state index is 0.0349. The molecule has 35 heavy (non-hydrogen) atoms. The van der Waals surface area contributed by atoms with E-state index in [1.807, 2.05) is 26.0 Å². The highest BCUT2D eigenvalue weighted by Gasteiger charge is 2.24. The van der Waals surface area contributed by atoms with Gasteiger partial charge in [-0.15, -0.1) is 0 Å². The summed E-state index contributed by atoms with van der Waals surface area (Å²) in [5.41, 5.74) is 3.98. The van der Waals surface area contributed by atoms with Crippen LogP contribution in [0.3, 0.4) is 0 Å². The number of benzene rings is 2. The summed E-state index contributed by atoms with van der Waals surface area (Å²) >= 11 is 0. The molecule has 0 saturated carbocycles. The molecule has 0 fully saturated rings. The number of nitrogens with zero attached hydrogens (tertiary/aromatic N) is 3. The average molecular weight is 484 g/mol. The number of Topliss-reactive ketones (excluding diaryl/α,β-unsaturated/α-hetero) is 1. The third kappa shape index (κ3) is 7.98. The minimum atomic E-state index is -0.762. The van der Waals surface area contributed by atoms with Crippen molar-refractivity contribution in [3.8, 4) is 0 Å². The summed E-state index contributed by atoms with van der Waals surface area (Å²) in [6.07, 6.45) is 0.105. The Labute approximate surface area is 202 Å². The number of carbonyl (C=O) groups excluding carboxylic acids is 2. The molecule has 11 nitrogen and oxygen atoms in total. The van der Waals surface area contributed by atoms with Crippen LogP contribution >= 0.6 is 0 Å². The lowest BCUT2D eigenvalue weighted by atomic mass is 9.87. The van der Waals surface area contributed by atoms with Gasteiger partial charge in [-0.2, -0.15) is 5.10 Å². The number of rotatable bonds is 10. The standard InChI is InChI=1S/C24H29N5O6/c1-15-6-7-17(12-16(15)2)25-23(31)11-8-18(13-22(30)24(3,4)5)26-27-20-10-9-19(28(32)33)14-21(20)29(34)35/h6-7,9-10,12,14,27H,8,11,13H2,1-5H3,(H,25,31)/b26-18+. The van der Waals surface area contributed by atoms with Crippen LogP contribution in [0, 0.1) is 39.5 Å². The molecule has 0 aliphatic carbocycles. The Hall–Kier alpha value is -4.15. The van der Waals surface area contributed by atoms with Gasteiger partial charge >= 0.3 is 5.69 Å². The zero-order valence-electron chi connectivity index (χ0n) is 20.4. The summed E-state index contributed by atoms with van der Waals surface area (Å²) in [7, 11) is 0. The molecule has 0 aliphatic rings. The van der Waals surface area contributed by atoms with Crippen LogP contribution in [0.4, 0.5) is 22.7 Å². The van der Waals surface area contributed by atoms with E-state index in [0.717, 1.165) is 23.3 Å². The average Bonchev–Trinajstić information content (AvgIpc) is 2.77. The predicted molar refractivity (Wildman–Crippen MR) is 134 cm³/mol. The van der Waals surface area contributed by atoms with E-state index < -0.39 is 26.6 Å². The van der Waals surface area contributed by atoms with Crippen LogP contribution in [-0.2, 0) is 9.59 Å². The van der Waals surface area contributed by atoms with Gasteiger partial charge in [0.05, 0.1) is 15.9 Å². The van der Waals surface area contributed by atoms with Crippen LogP contribution in [0.5, 0.6) is 0 Å². The number of nitro benzene ring substituents is 2. The molecular formula is C24H29N5O6. The van der Waals surface area contributed by atoms with E-state index in [-0.39, 0.29) is 36.6 Å². The summed E-state index contributed by atoms with van der Waals surface area (Å²) in [6, 6.07) is 8.68. The third-order valence-electron chi connectivity index (χ3n) is 5.36. The highest BCUT2D eigenvalue weighted by molar-refractivity contribution is 6.05. The van der Waals surface area contributed by atoms with Gasteiger partial charge in [-0.1, -0.05) is 26.8 Å². The molecule has 0 aliphatic heterocycles. The summed E-state index contributed by atoms with van der Waals surface area (Å²) < 4.78 is 0. The summed E-state index contributed by atoms with van der Waals surface area (Å²) in [6.45, 7) is 9.19. The number of hydrogen-bond donors (Lipinski definition) is 2. The summed E-state index contributed by atoms with van der Waals surface area (Å²) in [4.78, 5) is 45.9. The topological polar surface area (TPSA) is 157 Å². The molecule has 2 N–H and O–H groups in total. The molecule has 11 heteroatoms. The van der Waals surface area contributed by atoms with Crippen molar-refractivity contribution in [3.05, 3.63) is 67.8 Å². The fourth-order valence-corrected chi connectivity index (χ4v) is 2.95. The highest BCUT2D eigenvalue weighted by Crippen LogP contribution is 2.29. The molecule has 186 valence electrons. The number of amides is 1. The predicted octanol–water partition coefficient (Wildman–Crippen LogP) is 5.31. The lowest BCUT2D eigenvalue weighted by Gasteiger charge is -2.17. The van der Waals surface area contributed by atoms with Crippen molar-refractivity contribution in [1.29, 1.82) is 0 Å². The van der Waals surface area contributed by atoms with Crippen LogP contribution in [0.15, 0.2) is 41.5 Å². The molecule has 0 atom stereocenters. The molecular weight excluding hydrogens is 454 g/mol. The van der Waals surface area contributed by atoms with E-state index in [4.69, 9.17) is 0 Å². The van der Waals surface area contributed by atoms with Crippen molar-refractivity contribution in [2.24, 2.45) is 10.5 Å². The van der Waals surface area contributed by atoms with Crippen LogP contribution in [0.2, 0.25) is 0 Å². The minimum Gasteiger partial charge on any atom is -0.326 e. The van der Waals surface area contributed by atoms with Gasteiger partial charge in [0.15, 0.2) is 0 Å². The fourth-order valence-electron chi connectivity index (χ4n) is 2.95. The maximum Gasteiger partial charge on any atom is 0.301 e. The van der Waals surface area contributed by atoms with Crippen molar-refractivity contribution in [1.82, 2.24) is 0 Å². The number of hydrazone groups is 1. The number of nitro groups is 2. The lowest BCUT2D eigenvalue weighted by Crippen LogP contribution is -2.24. The van der Waals surface area contributed by atoms with E-state index in [0.29, 0.717) is 11.4 Å². The van der Waals surface area contributed by atoms with Crippen molar-refractivity contribution < 1.29 is 19.4 Å². The van der Waals surface area contributed by atoms with E-state index in [2.05, 4.69) is 15.8 Å². The van der Waals surface area contributed by atoms with Gasteiger partial charge in [0.25, 0.3) is 5.69 Å². The van der Waals surface area contributed by atoms with Gasteiger partial charge in [-0.05, 0) is 49.6 Å². The van der Waals surface area contributed by atoms with E-state index >= 15 is 0 Å². The van der Waals surface area contributed by atoms with Gasteiger partial charge in [-0.25, -0.2) is 0 Å². The Bertz CT molecular complexity index is 1180. The first-order chi connectivity index (χ1) is 16.3. The maximum atomic E-state index is 12.6. The quantitative estimate of drug-likeness (QED) is 0.263. The van der Waals surface area contributed by atoms with Crippen LogP contribution in [0.25, 0.3) is 0 Å². The smallest absolute Gasteiger partial charge is 0.301 e. The van der Waals surface area contributed by atoms with Gasteiger partial charge in [0.1, 0.15) is 11.5 Å². The van der Waals surface area contributed by atoms with Crippen LogP contribution < -0.4 is 10.7 Å². The molecule has 2 aromatic rings. The summed E-state index contributed by atoms with van der Waals surface area (Å²) in [5, 5.41) is 29.3. The second-order valence-electron chi connectivity index (χ2n) is 9.20. The largest absolute Gasteiger partial charge is 0.326 e. The first-order valence-electron chi connectivity index (χ1n) is 10.9. The molecule has 0 bridgehead atoms. The Morgan fingerprint density at radius 1 is 0.943 bits per heavy atom. The number of ketones is 1. The molecule has 2 rings (SSSR count). The molecule has 0 unspecified atom stereocenters. The van der Waals surface area contributed by atoms with Crippen LogP contribution in [-0.4, -0.2) is 27.2 Å². The van der Waals surface area contributed by atoms with E-state index in [1.165, 1.54) is 6.07 Å². The van der Waals surface area contributed by atoms with E-state index in [1.54, 1.807) is 26.8 Å². The Morgan fingerprint density at radius 3 is 2.20 bits per heavy atom. The second-order valence-corrected chi connectivity index (χ2v) is 9.20. The Morgan fingerprint density at radius 2 is 1.63 bits per heavy atom.